The van der Waals surface area contributed by atoms with E-state index in [2.05, 4.69) is 0 Å². The molecule has 1 aromatic carbocycles. The maximum Gasteiger partial charge on any atom is 0.129 e. The van der Waals surface area contributed by atoms with Crippen LogP contribution >= 0.6 is 34.5 Å². The first-order valence-electron chi connectivity index (χ1n) is 5.31. The Kier molecular flexibility index (Phi) is 4.25. The van der Waals surface area contributed by atoms with Crippen molar-refractivity contribution in [3.05, 3.63) is 56.2 Å². The van der Waals surface area contributed by atoms with Gasteiger partial charge in [0.1, 0.15) is 11.6 Å². The van der Waals surface area contributed by atoms with E-state index in [1.54, 1.807) is 0 Å². The number of aryl methyl sites for hydroxylation is 1. The van der Waals surface area contributed by atoms with E-state index in [4.69, 9.17) is 23.2 Å². The molecule has 18 heavy (non-hydrogen) atoms. The lowest BCUT2D eigenvalue weighted by molar-refractivity contribution is 0.571. The van der Waals surface area contributed by atoms with Gasteiger partial charge >= 0.3 is 0 Å². The quantitative estimate of drug-likeness (QED) is 0.656. The van der Waals surface area contributed by atoms with E-state index in [0.717, 1.165) is 16.5 Å². The summed E-state index contributed by atoms with van der Waals surface area (Å²) in [7, 11) is 0. The van der Waals surface area contributed by atoms with E-state index in [1.807, 2.05) is 13.0 Å². The second-order valence-electron chi connectivity index (χ2n) is 4.01. The maximum absolute atomic E-state index is 13.5. The molecule has 0 saturated carbocycles. The molecule has 0 fully saturated rings. The molecule has 0 bridgehead atoms. The van der Waals surface area contributed by atoms with Crippen LogP contribution in [-0.4, -0.2) is 0 Å². The minimum Gasteiger partial charge on any atom is -0.207 e. The van der Waals surface area contributed by atoms with Crippen LogP contribution in [0.2, 0.25) is 4.34 Å². The van der Waals surface area contributed by atoms with E-state index >= 15 is 0 Å². The van der Waals surface area contributed by atoms with Crippen molar-refractivity contribution >= 4 is 34.5 Å². The number of alkyl halides is 1. The summed E-state index contributed by atoms with van der Waals surface area (Å²) in [5, 5.41) is -0.360. The fourth-order valence-corrected chi connectivity index (χ4v) is 3.18. The van der Waals surface area contributed by atoms with Gasteiger partial charge in [0.2, 0.25) is 0 Å². The monoisotopic (exact) mass is 306 g/mol. The molecule has 0 aliphatic rings. The van der Waals surface area contributed by atoms with Gasteiger partial charge in [0.15, 0.2) is 0 Å². The minimum atomic E-state index is -0.586. The first kappa shape index (κ1) is 13.8. The van der Waals surface area contributed by atoms with E-state index in [-0.39, 0.29) is 5.38 Å². The second kappa shape index (κ2) is 5.55. The molecule has 2 aromatic rings. The summed E-state index contributed by atoms with van der Waals surface area (Å²) in [5.74, 6) is -1.16. The van der Waals surface area contributed by atoms with Gasteiger partial charge in [-0.25, -0.2) is 8.78 Å². The summed E-state index contributed by atoms with van der Waals surface area (Å²) in [6.45, 7) is 1.89. The number of halogens is 4. The van der Waals surface area contributed by atoms with Crippen LogP contribution in [0.4, 0.5) is 8.78 Å². The van der Waals surface area contributed by atoms with Crippen LogP contribution in [0, 0.1) is 18.6 Å². The van der Waals surface area contributed by atoms with E-state index in [0.29, 0.717) is 16.3 Å². The van der Waals surface area contributed by atoms with Gasteiger partial charge < -0.3 is 0 Å². The van der Waals surface area contributed by atoms with Crippen molar-refractivity contribution in [3.8, 4) is 0 Å². The first-order valence-corrected chi connectivity index (χ1v) is 6.94. The molecule has 0 amide bonds. The van der Waals surface area contributed by atoms with Crippen molar-refractivity contribution in [1.29, 1.82) is 0 Å². The van der Waals surface area contributed by atoms with Gasteiger partial charge in [0.25, 0.3) is 0 Å². The fourth-order valence-electron chi connectivity index (χ4n) is 1.62. The van der Waals surface area contributed by atoms with Gasteiger partial charge in [0, 0.05) is 10.9 Å². The molecule has 0 saturated heterocycles. The van der Waals surface area contributed by atoms with Crippen LogP contribution in [-0.2, 0) is 6.42 Å². The Labute approximate surface area is 118 Å². The molecule has 1 aromatic heterocycles. The van der Waals surface area contributed by atoms with E-state index in [9.17, 15) is 8.78 Å². The third kappa shape index (κ3) is 3.02. The van der Waals surface area contributed by atoms with Gasteiger partial charge in [-0.05, 0) is 36.6 Å². The van der Waals surface area contributed by atoms with Gasteiger partial charge in [-0.3, -0.25) is 0 Å². The predicted molar refractivity (Wildman–Crippen MR) is 72.7 cm³/mol. The van der Waals surface area contributed by atoms with Crippen LogP contribution < -0.4 is 0 Å². The van der Waals surface area contributed by atoms with Crippen molar-refractivity contribution in [2.75, 3.05) is 0 Å². The highest BCUT2D eigenvalue weighted by Crippen LogP contribution is 2.36. The lowest BCUT2D eigenvalue weighted by Crippen LogP contribution is -1.97. The second-order valence-corrected chi connectivity index (χ2v) is 6.23. The lowest BCUT2D eigenvalue weighted by atomic mass is 10.1. The third-order valence-electron chi connectivity index (χ3n) is 2.60. The van der Waals surface area contributed by atoms with Crippen LogP contribution in [0.5, 0.6) is 0 Å². The molecular formula is C13H10Cl2F2S. The molecule has 1 atom stereocenters. The molecule has 96 valence electrons. The average molecular weight is 307 g/mol. The van der Waals surface area contributed by atoms with E-state index in [1.165, 1.54) is 23.5 Å². The summed E-state index contributed by atoms with van der Waals surface area (Å²) >= 11 is 13.6. The standard InChI is InChI=1S/C13H10Cl2F2S/c1-7-4-12(18-13(7)15)10(14)5-8-2-3-9(16)6-11(8)17/h2-4,6,10H,5H2,1H3. The molecule has 0 aliphatic heterocycles. The van der Waals surface area contributed by atoms with Crippen LogP contribution in [0.1, 0.15) is 21.4 Å². The molecular weight excluding hydrogens is 297 g/mol. The zero-order valence-corrected chi connectivity index (χ0v) is 11.8. The Morgan fingerprint density at radius 3 is 2.56 bits per heavy atom. The van der Waals surface area contributed by atoms with Crippen molar-refractivity contribution in [1.82, 2.24) is 0 Å². The Balaban J connectivity index is 2.18. The summed E-state index contributed by atoms with van der Waals surface area (Å²) in [4.78, 5) is 0.892. The summed E-state index contributed by atoms with van der Waals surface area (Å²) < 4.78 is 27.0. The van der Waals surface area contributed by atoms with Crippen molar-refractivity contribution < 1.29 is 8.78 Å². The lowest BCUT2D eigenvalue weighted by Gasteiger charge is -2.08. The number of hydrogen-bond donors (Lipinski definition) is 0. The molecule has 5 heteroatoms. The zero-order chi connectivity index (χ0) is 13.3. The van der Waals surface area contributed by atoms with E-state index < -0.39 is 11.6 Å². The molecule has 0 radical (unpaired) electrons. The Bertz CT molecular complexity index is 547. The summed E-state index contributed by atoms with van der Waals surface area (Å²) in [6, 6.07) is 5.41. The van der Waals surface area contributed by atoms with Crippen LogP contribution in [0.15, 0.2) is 24.3 Å². The Hall–Kier alpha value is -0.640. The average Bonchev–Trinajstić information content (AvgIpc) is 2.63. The highest BCUT2D eigenvalue weighted by atomic mass is 35.5. The molecule has 1 unspecified atom stereocenters. The SMILES string of the molecule is Cc1cc(C(Cl)Cc2ccc(F)cc2F)sc1Cl. The molecule has 0 spiro atoms. The largest absolute Gasteiger partial charge is 0.207 e. The summed E-state index contributed by atoms with van der Waals surface area (Å²) in [5.41, 5.74) is 1.36. The zero-order valence-electron chi connectivity index (χ0n) is 9.51. The van der Waals surface area contributed by atoms with Crippen molar-refractivity contribution in [2.24, 2.45) is 0 Å². The summed E-state index contributed by atoms with van der Waals surface area (Å²) in [6.07, 6.45) is 0.309. The first-order chi connectivity index (χ1) is 8.47. The molecule has 0 N–H and O–H groups in total. The van der Waals surface area contributed by atoms with Gasteiger partial charge in [0.05, 0.1) is 9.71 Å². The van der Waals surface area contributed by atoms with Crippen LogP contribution in [0.25, 0.3) is 0 Å². The van der Waals surface area contributed by atoms with Crippen molar-refractivity contribution in [2.45, 2.75) is 18.7 Å². The molecule has 1 heterocycles. The third-order valence-corrected chi connectivity index (χ3v) is 4.79. The maximum atomic E-state index is 13.5. The number of rotatable bonds is 3. The smallest absolute Gasteiger partial charge is 0.129 e. The highest BCUT2D eigenvalue weighted by Gasteiger charge is 2.15. The Morgan fingerprint density at radius 1 is 1.28 bits per heavy atom. The number of hydrogen-bond acceptors (Lipinski definition) is 1. The topological polar surface area (TPSA) is 0 Å². The van der Waals surface area contributed by atoms with Gasteiger partial charge in [-0.15, -0.1) is 22.9 Å². The van der Waals surface area contributed by atoms with Gasteiger partial charge in [-0.1, -0.05) is 17.7 Å². The number of thiophene rings is 1. The number of benzene rings is 1. The molecule has 0 nitrogen and oxygen atoms in total. The molecule has 2 rings (SSSR count). The fraction of sp³-hybridized carbons (Fsp3) is 0.231. The van der Waals surface area contributed by atoms with Crippen LogP contribution in [0.3, 0.4) is 0 Å². The van der Waals surface area contributed by atoms with Crippen molar-refractivity contribution in [3.63, 3.8) is 0 Å². The molecule has 0 aliphatic carbocycles. The minimum absolute atomic E-state index is 0.309. The Morgan fingerprint density at radius 2 is 2.00 bits per heavy atom. The highest BCUT2D eigenvalue weighted by molar-refractivity contribution is 7.16. The normalized spacial score (nSPS) is 12.7. The predicted octanol–water partition coefficient (Wildman–Crippen LogP) is 5.51. The van der Waals surface area contributed by atoms with Gasteiger partial charge in [-0.2, -0.15) is 0 Å².